The number of halogens is 1. The number of imidazole rings is 1. The van der Waals surface area contributed by atoms with Crippen LogP contribution < -0.4 is 4.74 Å². The Bertz CT molecular complexity index is 1230. The fourth-order valence-electron chi connectivity index (χ4n) is 4.62. The van der Waals surface area contributed by atoms with Crippen molar-refractivity contribution >= 4 is 5.91 Å². The number of nitrogens with zero attached hydrogens (tertiary/aromatic N) is 4. The number of aromatic amines is 1. The van der Waals surface area contributed by atoms with Gasteiger partial charge < -0.3 is 24.1 Å². The molecule has 9 nitrogen and oxygen atoms in total. The van der Waals surface area contributed by atoms with Crippen LogP contribution in [0.15, 0.2) is 36.5 Å². The Hall–Kier alpha value is -3.37. The molecule has 1 N–H and O–H groups in total. The molecule has 2 saturated heterocycles. The summed E-state index contributed by atoms with van der Waals surface area (Å²) in [7, 11) is 0. The molecule has 0 aliphatic carbocycles. The highest BCUT2D eigenvalue weighted by Crippen LogP contribution is 2.36. The number of piperidine rings is 1. The summed E-state index contributed by atoms with van der Waals surface area (Å²) in [4.78, 5) is 31.8. The van der Waals surface area contributed by atoms with Gasteiger partial charge in [0.1, 0.15) is 5.82 Å². The smallest absolute Gasteiger partial charge is 0.317 e. The van der Waals surface area contributed by atoms with E-state index in [2.05, 4.69) is 15.0 Å². The van der Waals surface area contributed by atoms with Crippen molar-refractivity contribution in [2.75, 3.05) is 26.3 Å². The van der Waals surface area contributed by atoms with Crippen LogP contribution >= 0.6 is 0 Å². The Balaban J connectivity index is 1.41. The van der Waals surface area contributed by atoms with Crippen LogP contribution in [0.5, 0.6) is 6.01 Å². The van der Waals surface area contributed by atoms with E-state index < -0.39 is 11.7 Å². The average Bonchev–Trinajstić information content (AvgIpc) is 3.35. The van der Waals surface area contributed by atoms with Gasteiger partial charge in [-0.2, -0.15) is 4.98 Å². The maximum absolute atomic E-state index is 13.6. The van der Waals surface area contributed by atoms with E-state index in [1.54, 1.807) is 24.4 Å². The maximum Gasteiger partial charge on any atom is 0.317 e. The highest BCUT2D eigenvalue weighted by Gasteiger charge is 2.43. The lowest BCUT2D eigenvalue weighted by Crippen LogP contribution is -2.51. The lowest BCUT2D eigenvalue weighted by Gasteiger charge is -2.40. The van der Waals surface area contributed by atoms with Gasteiger partial charge in [-0.3, -0.25) is 4.79 Å². The number of ether oxygens (including phenoxy) is 3. The molecule has 0 radical (unpaired) electrons. The molecule has 4 heterocycles. The predicted octanol–water partition coefficient (Wildman–Crippen LogP) is 4.52. The molecule has 2 aliphatic heterocycles. The van der Waals surface area contributed by atoms with Gasteiger partial charge in [0.2, 0.25) is 12.2 Å². The van der Waals surface area contributed by atoms with Crippen molar-refractivity contribution < 1.29 is 23.4 Å². The van der Waals surface area contributed by atoms with Gasteiger partial charge in [0.05, 0.1) is 41.8 Å². The summed E-state index contributed by atoms with van der Waals surface area (Å²) in [5.74, 6) is 0.163. The Kier molecular flexibility index (Phi) is 7.21. The van der Waals surface area contributed by atoms with E-state index in [-0.39, 0.29) is 37.1 Å². The summed E-state index contributed by atoms with van der Waals surface area (Å²) in [5.41, 5.74) is 1.67. The number of hydrogen-bond acceptors (Lipinski definition) is 7. The predicted molar refractivity (Wildman–Crippen MR) is 134 cm³/mol. The Morgan fingerprint density at radius 2 is 1.81 bits per heavy atom. The highest BCUT2D eigenvalue weighted by atomic mass is 19.1. The van der Waals surface area contributed by atoms with E-state index in [0.29, 0.717) is 28.5 Å². The summed E-state index contributed by atoms with van der Waals surface area (Å²) in [6, 6.07) is 8.06. The fourth-order valence-corrected chi connectivity index (χ4v) is 4.62. The summed E-state index contributed by atoms with van der Waals surface area (Å²) >= 11 is 0. The van der Waals surface area contributed by atoms with Crippen LogP contribution in [0.4, 0.5) is 4.39 Å². The average molecular weight is 510 g/mol. The van der Waals surface area contributed by atoms with E-state index in [4.69, 9.17) is 19.2 Å². The molecule has 0 spiro atoms. The normalized spacial score (nSPS) is 22.3. The number of nitrogens with one attached hydrogen (secondary N) is 1. The number of carbonyl (C=O) groups is 1. The fraction of sp³-hybridized carbons (Fsp3) is 0.481. The van der Waals surface area contributed by atoms with Crippen molar-refractivity contribution in [2.24, 2.45) is 5.41 Å². The van der Waals surface area contributed by atoms with Gasteiger partial charge in [-0.15, -0.1) is 0 Å². The van der Waals surface area contributed by atoms with E-state index >= 15 is 0 Å². The SMILES string of the molecule is CC(C)Oc1nccc(-c2[nH]c(C3OCC(C)(C(=O)N4CCCCC4)CO3)nc2-c2ccc(F)cc2)n1. The second-order valence-electron chi connectivity index (χ2n) is 10.1. The first-order valence-electron chi connectivity index (χ1n) is 12.7. The molecule has 0 unspecified atom stereocenters. The van der Waals surface area contributed by atoms with Crippen molar-refractivity contribution in [3.05, 3.63) is 48.2 Å². The summed E-state index contributed by atoms with van der Waals surface area (Å²) in [5, 5.41) is 0. The zero-order valence-corrected chi connectivity index (χ0v) is 21.4. The largest absolute Gasteiger partial charge is 0.461 e. The summed E-state index contributed by atoms with van der Waals surface area (Å²) in [6.45, 7) is 7.67. The third-order valence-corrected chi connectivity index (χ3v) is 6.56. The van der Waals surface area contributed by atoms with Gasteiger partial charge in [0.15, 0.2) is 5.82 Å². The van der Waals surface area contributed by atoms with Gasteiger partial charge in [-0.25, -0.2) is 14.4 Å². The van der Waals surface area contributed by atoms with Crippen molar-refractivity contribution in [2.45, 2.75) is 52.4 Å². The molecule has 1 amide bonds. The number of amides is 1. The first-order valence-corrected chi connectivity index (χ1v) is 12.7. The third-order valence-electron chi connectivity index (χ3n) is 6.56. The first-order chi connectivity index (χ1) is 17.8. The minimum Gasteiger partial charge on any atom is -0.461 e. The van der Waals surface area contributed by atoms with Crippen LogP contribution in [-0.4, -0.2) is 63.2 Å². The number of H-pyrrole nitrogens is 1. The number of likely N-dealkylation sites (tertiary alicyclic amines) is 1. The number of rotatable bonds is 6. The van der Waals surface area contributed by atoms with Crippen molar-refractivity contribution in [1.29, 1.82) is 0 Å². The molecule has 37 heavy (non-hydrogen) atoms. The van der Waals surface area contributed by atoms with Crippen LogP contribution in [0.1, 0.15) is 52.1 Å². The minimum atomic E-state index is -0.789. The molecular formula is C27H32FN5O4. The van der Waals surface area contributed by atoms with Crippen LogP contribution in [0.3, 0.4) is 0 Å². The molecule has 2 fully saturated rings. The molecule has 1 aromatic carbocycles. The molecule has 196 valence electrons. The van der Waals surface area contributed by atoms with Crippen molar-refractivity contribution in [3.8, 4) is 28.7 Å². The highest BCUT2D eigenvalue weighted by molar-refractivity contribution is 5.83. The van der Waals surface area contributed by atoms with Crippen molar-refractivity contribution in [3.63, 3.8) is 0 Å². The van der Waals surface area contributed by atoms with E-state index in [9.17, 15) is 9.18 Å². The lowest BCUT2D eigenvalue weighted by molar-refractivity contribution is -0.234. The second kappa shape index (κ2) is 10.5. The molecule has 0 saturated carbocycles. The molecule has 0 atom stereocenters. The van der Waals surface area contributed by atoms with Gasteiger partial charge >= 0.3 is 6.01 Å². The van der Waals surface area contributed by atoms with Crippen molar-refractivity contribution in [1.82, 2.24) is 24.8 Å². The van der Waals surface area contributed by atoms with Gasteiger partial charge in [0.25, 0.3) is 0 Å². The molecule has 10 heteroatoms. The Morgan fingerprint density at radius 3 is 2.49 bits per heavy atom. The van der Waals surface area contributed by atoms with Crippen LogP contribution in [-0.2, 0) is 14.3 Å². The lowest BCUT2D eigenvalue weighted by atomic mass is 9.89. The van der Waals surface area contributed by atoms with E-state index in [0.717, 1.165) is 32.4 Å². The Morgan fingerprint density at radius 1 is 1.11 bits per heavy atom. The van der Waals surface area contributed by atoms with Crippen LogP contribution in [0, 0.1) is 11.2 Å². The van der Waals surface area contributed by atoms with Crippen LogP contribution in [0.2, 0.25) is 0 Å². The molecule has 2 aliphatic rings. The number of hydrogen-bond donors (Lipinski definition) is 1. The minimum absolute atomic E-state index is 0.0662. The zero-order chi connectivity index (χ0) is 26.0. The standard InChI is InChI=1S/C27H32FN5O4/c1-17(2)37-26-29-12-11-20(30-26)22-21(18-7-9-19(28)10-8-18)31-23(32-22)24-35-15-27(3,16-36-24)25(34)33-13-5-4-6-14-33/h7-12,17,24H,4-6,13-16H2,1-3H3,(H,31,32). The van der Waals surface area contributed by atoms with Crippen LogP contribution in [0.25, 0.3) is 22.6 Å². The van der Waals surface area contributed by atoms with E-state index in [1.165, 1.54) is 12.1 Å². The summed E-state index contributed by atoms with van der Waals surface area (Å²) < 4.78 is 31.4. The van der Waals surface area contributed by atoms with E-state index in [1.807, 2.05) is 25.7 Å². The maximum atomic E-state index is 13.6. The van der Waals surface area contributed by atoms with Gasteiger partial charge in [-0.05, 0) is 70.4 Å². The first kappa shape index (κ1) is 25.3. The molecule has 0 bridgehead atoms. The topological polar surface area (TPSA) is 102 Å². The number of benzene rings is 1. The molecular weight excluding hydrogens is 477 g/mol. The second-order valence-corrected chi connectivity index (χ2v) is 10.1. The third kappa shape index (κ3) is 5.50. The zero-order valence-electron chi connectivity index (χ0n) is 21.4. The summed E-state index contributed by atoms with van der Waals surface area (Å²) in [6.07, 6.45) is 3.95. The quantitative estimate of drug-likeness (QED) is 0.521. The van der Waals surface area contributed by atoms with Gasteiger partial charge in [-0.1, -0.05) is 0 Å². The molecule has 2 aromatic heterocycles. The van der Waals surface area contributed by atoms with Gasteiger partial charge in [0, 0.05) is 24.8 Å². The molecule has 5 rings (SSSR count). The number of carbonyl (C=O) groups excluding carboxylic acids is 1. The number of aromatic nitrogens is 4. The molecule has 3 aromatic rings. The Labute approximate surface area is 215 Å². The monoisotopic (exact) mass is 509 g/mol.